The third kappa shape index (κ3) is 2.89. The second kappa shape index (κ2) is 6.15. The highest BCUT2D eigenvalue weighted by Gasteiger charge is 2.28. The number of fused-ring (bicyclic) bond motifs is 1. The molecule has 1 aliphatic heterocycles. The van der Waals surface area contributed by atoms with Gasteiger partial charge in [-0.15, -0.1) is 0 Å². The molecule has 0 saturated carbocycles. The first-order valence-corrected chi connectivity index (χ1v) is 9.27. The van der Waals surface area contributed by atoms with E-state index in [0.29, 0.717) is 23.2 Å². The van der Waals surface area contributed by atoms with Crippen LogP contribution in [0.15, 0.2) is 24.5 Å². The van der Waals surface area contributed by atoms with Crippen molar-refractivity contribution in [3.63, 3.8) is 0 Å². The molecular formula is C18H21N5OS. The van der Waals surface area contributed by atoms with Gasteiger partial charge < -0.3 is 15.2 Å². The Kier molecular flexibility index (Phi) is 3.95. The van der Waals surface area contributed by atoms with E-state index in [2.05, 4.69) is 14.5 Å². The molecule has 4 rings (SSSR count). The highest BCUT2D eigenvalue weighted by Crippen LogP contribution is 2.30. The van der Waals surface area contributed by atoms with Gasteiger partial charge in [0.1, 0.15) is 5.82 Å². The van der Waals surface area contributed by atoms with E-state index < -0.39 is 0 Å². The Morgan fingerprint density at radius 3 is 3.00 bits per heavy atom. The molecule has 1 fully saturated rings. The lowest BCUT2D eigenvalue weighted by Gasteiger charge is -2.32. The third-order valence-corrected chi connectivity index (χ3v) is 5.71. The number of amides is 1. The number of thiazole rings is 1. The Labute approximate surface area is 150 Å². The summed E-state index contributed by atoms with van der Waals surface area (Å²) in [5, 5.41) is 0.538. The van der Waals surface area contributed by atoms with Gasteiger partial charge in [-0.1, -0.05) is 11.3 Å². The largest absolute Gasteiger partial charge is 0.375 e. The first-order chi connectivity index (χ1) is 12.0. The Hall–Kier alpha value is -2.41. The number of nitrogen functional groups attached to an aromatic ring is 1. The van der Waals surface area contributed by atoms with Crippen molar-refractivity contribution in [2.45, 2.75) is 25.7 Å². The maximum Gasteiger partial charge on any atom is 0.253 e. The Morgan fingerprint density at radius 1 is 1.40 bits per heavy atom. The summed E-state index contributed by atoms with van der Waals surface area (Å²) >= 11 is 1.43. The van der Waals surface area contributed by atoms with Crippen LogP contribution in [0.1, 0.15) is 40.5 Å². The predicted octanol–water partition coefficient (Wildman–Crippen LogP) is 2.94. The minimum absolute atomic E-state index is 0.0795. The van der Waals surface area contributed by atoms with Crippen LogP contribution in [0, 0.1) is 6.92 Å². The summed E-state index contributed by atoms with van der Waals surface area (Å²) in [5.74, 6) is 1.43. The number of hydrogen-bond donors (Lipinski definition) is 1. The van der Waals surface area contributed by atoms with Gasteiger partial charge in [-0.05, 0) is 37.5 Å². The molecule has 1 saturated heterocycles. The summed E-state index contributed by atoms with van der Waals surface area (Å²) < 4.78 is 3.02. The smallest absolute Gasteiger partial charge is 0.253 e. The molecule has 0 radical (unpaired) electrons. The maximum absolute atomic E-state index is 13.1. The molecule has 25 heavy (non-hydrogen) atoms. The van der Waals surface area contributed by atoms with E-state index in [4.69, 9.17) is 5.73 Å². The second-order valence-corrected chi connectivity index (χ2v) is 7.74. The van der Waals surface area contributed by atoms with Gasteiger partial charge in [-0.2, -0.15) is 0 Å². The molecule has 2 aromatic heterocycles. The van der Waals surface area contributed by atoms with Crippen LogP contribution in [0.5, 0.6) is 0 Å². The van der Waals surface area contributed by atoms with Crippen LogP contribution in [0.4, 0.5) is 5.13 Å². The van der Waals surface area contributed by atoms with E-state index in [-0.39, 0.29) is 5.91 Å². The SMILES string of the molecule is Cc1cc(C(=O)N2CCC[C@@H](c3nccn3C)C2)cc2sc(N)nc12. The van der Waals surface area contributed by atoms with E-state index in [0.717, 1.165) is 41.0 Å². The zero-order chi connectivity index (χ0) is 17.6. The van der Waals surface area contributed by atoms with Gasteiger partial charge in [0, 0.05) is 44.0 Å². The lowest BCUT2D eigenvalue weighted by Crippen LogP contribution is -2.39. The topological polar surface area (TPSA) is 77.0 Å². The molecule has 3 aromatic rings. The number of likely N-dealkylation sites (tertiary alicyclic amines) is 1. The number of carbonyl (C=O) groups excluding carboxylic acids is 1. The number of anilines is 1. The van der Waals surface area contributed by atoms with Gasteiger partial charge in [-0.25, -0.2) is 9.97 Å². The summed E-state index contributed by atoms with van der Waals surface area (Å²) in [6.45, 7) is 3.48. The lowest BCUT2D eigenvalue weighted by molar-refractivity contribution is 0.0703. The lowest BCUT2D eigenvalue weighted by atomic mass is 9.96. The molecule has 0 aliphatic carbocycles. The van der Waals surface area contributed by atoms with Gasteiger partial charge in [-0.3, -0.25) is 4.79 Å². The molecule has 1 aliphatic rings. The fraction of sp³-hybridized carbons (Fsp3) is 0.389. The summed E-state index contributed by atoms with van der Waals surface area (Å²) in [7, 11) is 2.01. The van der Waals surface area contributed by atoms with Gasteiger partial charge in [0.15, 0.2) is 5.13 Å². The summed E-state index contributed by atoms with van der Waals surface area (Å²) in [6.07, 6.45) is 5.85. The van der Waals surface area contributed by atoms with Crippen LogP contribution >= 0.6 is 11.3 Å². The molecule has 130 valence electrons. The molecule has 0 unspecified atom stereocenters. The zero-order valence-electron chi connectivity index (χ0n) is 14.4. The average molecular weight is 355 g/mol. The van der Waals surface area contributed by atoms with Crippen LogP contribution in [0.3, 0.4) is 0 Å². The van der Waals surface area contributed by atoms with Gasteiger partial charge in [0.2, 0.25) is 0 Å². The van der Waals surface area contributed by atoms with Crippen molar-refractivity contribution >= 4 is 32.6 Å². The first-order valence-electron chi connectivity index (χ1n) is 8.46. The molecule has 6 nitrogen and oxygen atoms in total. The van der Waals surface area contributed by atoms with Crippen molar-refractivity contribution in [3.05, 3.63) is 41.5 Å². The molecule has 7 heteroatoms. The van der Waals surface area contributed by atoms with Crippen LogP contribution in [-0.2, 0) is 7.05 Å². The zero-order valence-corrected chi connectivity index (χ0v) is 15.2. The monoisotopic (exact) mass is 355 g/mol. The molecule has 1 aromatic carbocycles. The maximum atomic E-state index is 13.1. The van der Waals surface area contributed by atoms with Crippen molar-refractivity contribution in [2.75, 3.05) is 18.8 Å². The molecule has 3 heterocycles. The number of rotatable bonds is 2. The summed E-state index contributed by atoms with van der Waals surface area (Å²) in [6, 6.07) is 3.84. The van der Waals surface area contributed by atoms with Crippen LogP contribution in [0.25, 0.3) is 10.2 Å². The first kappa shape index (κ1) is 16.1. The van der Waals surface area contributed by atoms with E-state index in [9.17, 15) is 4.79 Å². The highest BCUT2D eigenvalue weighted by molar-refractivity contribution is 7.22. The summed E-state index contributed by atoms with van der Waals surface area (Å²) in [5.41, 5.74) is 8.42. The minimum Gasteiger partial charge on any atom is -0.375 e. The Bertz CT molecular complexity index is 944. The molecular weight excluding hydrogens is 334 g/mol. The van der Waals surface area contributed by atoms with Gasteiger partial charge in [0.05, 0.1) is 10.2 Å². The minimum atomic E-state index is 0.0795. The summed E-state index contributed by atoms with van der Waals surface area (Å²) in [4.78, 5) is 23.8. The van der Waals surface area contributed by atoms with Crippen LogP contribution in [-0.4, -0.2) is 38.4 Å². The van der Waals surface area contributed by atoms with Gasteiger partial charge >= 0.3 is 0 Å². The number of nitrogens with two attached hydrogens (primary N) is 1. The fourth-order valence-electron chi connectivity index (χ4n) is 3.66. The van der Waals surface area contributed by atoms with Crippen molar-refractivity contribution in [3.8, 4) is 0 Å². The fourth-order valence-corrected chi connectivity index (χ4v) is 4.51. The Morgan fingerprint density at radius 2 is 2.24 bits per heavy atom. The number of imidazole rings is 1. The van der Waals surface area contributed by atoms with E-state index in [1.807, 2.05) is 43.4 Å². The third-order valence-electron chi connectivity index (χ3n) is 4.88. The van der Waals surface area contributed by atoms with Crippen LogP contribution < -0.4 is 5.73 Å². The number of nitrogens with zero attached hydrogens (tertiary/aromatic N) is 4. The molecule has 0 bridgehead atoms. The van der Waals surface area contributed by atoms with E-state index in [1.165, 1.54) is 11.3 Å². The Balaban J connectivity index is 1.61. The molecule has 2 N–H and O–H groups in total. The number of aromatic nitrogens is 3. The predicted molar refractivity (Wildman–Crippen MR) is 99.9 cm³/mol. The number of hydrogen-bond acceptors (Lipinski definition) is 5. The van der Waals surface area contributed by atoms with Crippen molar-refractivity contribution in [1.82, 2.24) is 19.4 Å². The number of aryl methyl sites for hydroxylation is 2. The number of benzene rings is 1. The average Bonchev–Trinajstić information content (AvgIpc) is 3.19. The molecule has 0 spiro atoms. The van der Waals surface area contributed by atoms with Crippen molar-refractivity contribution in [1.29, 1.82) is 0 Å². The number of piperidine rings is 1. The second-order valence-electron chi connectivity index (χ2n) is 6.68. The van der Waals surface area contributed by atoms with E-state index >= 15 is 0 Å². The standard InChI is InChI=1S/C18H21N5OS/c1-11-8-13(9-14-15(11)21-18(19)25-14)17(24)23-6-3-4-12(10-23)16-20-5-7-22(16)2/h5,7-9,12H,3-4,6,10H2,1-2H3,(H2,19,21)/t12-/m1/s1. The van der Waals surface area contributed by atoms with Gasteiger partial charge in [0.25, 0.3) is 5.91 Å². The normalized spacial score (nSPS) is 18.0. The van der Waals surface area contributed by atoms with Crippen molar-refractivity contribution < 1.29 is 4.79 Å². The molecule has 1 atom stereocenters. The van der Waals surface area contributed by atoms with Crippen LogP contribution in [0.2, 0.25) is 0 Å². The number of carbonyl (C=O) groups is 1. The van der Waals surface area contributed by atoms with E-state index in [1.54, 1.807) is 0 Å². The molecule has 1 amide bonds. The highest BCUT2D eigenvalue weighted by atomic mass is 32.1. The quantitative estimate of drug-likeness (QED) is 0.767. The van der Waals surface area contributed by atoms with Crippen molar-refractivity contribution in [2.24, 2.45) is 7.05 Å².